The number of nitrogens with zero attached hydrogens (tertiary/aromatic N) is 1. The van der Waals surface area contributed by atoms with E-state index in [-0.39, 0.29) is 28.1 Å². The smallest absolute Gasteiger partial charge is 0.269 e. The number of nitro groups is 1. The Morgan fingerprint density at radius 1 is 0.943 bits per heavy atom. The number of rotatable bonds is 9. The van der Waals surface area contributed by atoms with Gasteiger partial charge in [0.05, 0.1) is 16.9 Å². The molecule has 182 valence electrons. The number of hydrogen-bond donors (Lipinski definition) is 3. The average molecular weight is 517 g/mol. The van der Waals surface area contributed by atoms with E-state index in [4.69, 9.17) is 21.7 Å². The van der Waals surface area contributed by atoms with E-state index in [1.54, 1.807) is 24.3 Å². The first-order valence-electron chi connectivity index (χ1n) is 9.91. The molecule has 0 saturated carbocycles. The molecule has 13 heteroatoms. The van der Waals surface area contributed by atoms with Gasteiger partial charge in [0, 0.05) is 23.5 Å². The van der Waals surface area contributed by atoms with Gasteiger partial charge in [-0.05, 0) is 72.9 Å². The fourth-order valence-electron chi connectivity index (χ4n) is 2.73. The summed E-state index contributed by atoms with van der Waals surface area (Å²) in [5.41, 5.74) is 0.741. The van der Waals surface area contributed by atoms with E-state index in [0.29, 0.717) is 17.1 Å². The summed E-state index contributed by atoms with van der Waals surface area (Å²) in [6.45, 7) is -0.367. The molecule has 3 rings (SSSR count). The van der Waals surface area contributed by atoms with Gasteiger partial charge in [-0.25, -0.2) is 8.42 Å². The summed E-state index contributed by atoms with van der Waals surface area (Å²) in [7, 11) is -2.30. The van der Waals surface area contributed by atoms with Gasteiger partial charge in [-0.15, -0.1) is 0 Å². The van der Waals surface area contributed by atoms with Crippen LogP contribution in [0.25, 0.3) is 0 Å². The number of non-ortho nitro benzene ring substituents is 1. The molecule has 0 radical (unpaired) electrons. The van der Waals surface area contributed by atoms with Crippen molar-refractivity contribution in [2.75, 3.05) is 23.8 Å². The van der Waals surface area contributed by atoms with Crippen LogP contribution in [0.2, 0.25) is 0 Å². The molecule has 0 heterocycles. The number of carbonyl (C=O) groups excluding carboxylic acids is 1. The number of nitro benzene ring substituents is 1. The lowest BCUT2D eigenvalue weighted by Gasteiger charge is -2.12. The largest absolute Gasteiger partial charge is 0.497 e. The highest BCUT2D eigenvalue weighted by atomic mass is 32.2. The molecule has 0 aliphatic carbocycles. The zero-order valence-electron chi connectivity index (χ0n) is 18.3. The van der Waals surface area contributed by atoms with Crippen LogP contribution >= 0.6 is 12.2 Å². The molecular formula is C22H20N4O7S2. The Morgan fingerprint density at radius 2 is 1.51 bits per heavy atom. The summed E-state index contributed by atoms with van der Waals surface area (Å²) in [5.74, 6) is 0.331. The third-order valence-corrected chi connectivity index (χ3v) is 6.04. The SMILES string of the molecule is COc1ccc(NS(=O)(=O)c2ccc(NC(=S)NC(=O)COc3ccc([N+](=O)[O-])cc3)cc2)cc1. The van der Waals surface area contributed by atoms with Gasteiger partial charge in [-0.3, -0.25) is 24.9 Å². The molecule has 3 N–H and O–H groups in total. The Morgan fingerprint density at radius 3 is 2.09 bits per heavy atom. The fourth-order valence-corrected chi connectivity index (χ4v) is 4.02. The first-order chi connectivity index (χ1) is 16.7. The standard InChI is InChI=1S/C22H20N4O7S2/c1-32-18-8-2-16(3-9-18)25-35(30,31)20-12-4-15(5-13-20)23-22(34)24-21(27)14-33-19-10-6-17(7-11-19)26(28)29/h2-13,25H,14H2,1H3,(H2,23,24,27,34). The number of nitrogens with one attached hydrogen (secondary N) is 3. The van der Waals surface area contributed by atoms with Crippen LogP contribution in [0.3, 0.4) is 0 Å². The van der Waals surface area contributed by atoms with Crippen LogP contribution in [0, 0.1) is 10.1 Å². The topological polar surface area (TPSA) is 149 Å². The normalized spacial score (nSPS) is 10.7. The maximum Gasteiger partial charge on any atom is 0.269 e. The number of hydrogen-bond acceptors (Lipinski definition) is 8. The van der Waals surface area contributed by atoms with Crippen LogP contribution in [-0.4, -0.2) is 38.1 Å². The lowest BCUT2D eigenvalue weighted by molar-refractivity contribution is -0.384. The minimum atomic E-state index is -3.81. The highest BCUT2D eigenvalue weighted by molar-refractivity contribution is 7.92. The number of benzene rings is 3. The van der Waals surface area contributed by atoms with Crippen LogP contribution < -0.4 is 24.8 Å². The Bertz CT molecular complexity index is 1310. The fraction of sp³-hybridized carbons (Fsp3) is 0.0909. The van der Waals surface area contributed by atoms with Gasteiger partial charge in [-0.2, -0.15) is 0 Å². The second-order valence-corrected chi connectivity index (χ2v) is 8.99. The molecule has 0 aliphatic heterocycles. The second-order valence-electron chi connectivity index (χ2n) is 6.90. The van der Waals surface area contributed by atoms with E-state index in [9.17, 15) is 23.3 Å². The van der Waals surface area contributed by atoms with Gasteiger partial charge < -0.3 is 14.8 Å². The summed E-state index contributed by atoms with van der Waals surface area (Å²) in [6, 6.07) is 17.5. The number of amides is 1. The number of methoxy groups -OCH3 is 1. The highest BCUT2D eigenvalue weighted by Crippen LogP contribution is 2.21. The van der Waals surface area contributed by atoms with Crippen molar-refractivity contribution >= 4 is 50.3 Å². The second kappa shape index (κ2) is 11.3. The third kappa shape index (κ3) is 7.38. The average Bonchev–Trinajstić information content (AvgIpc) is 2.83. The van der Waals surface area contributed by atoms with Gasteiger partial charge in [0.15, 0.2) is 11.7 Å². The molecule has 0 unspecified atom stereocenters. The number of thiocarbonyl (C=S) groups is 1. The first-order valence-corrected chi connectivity index (χ1v) is 11.8. The van der Waals surface area contributed by atoms with Crippen LogP contribution in [-0.2, 0) is 14.8 Å². The molecule has 3 aromatic carbocycles. The molecule has 0 saturated heterocycles. The molecule has 1 amide bonds. The summed E-state index contributed by atoms with van der Waals surface area (Å²) < 4.78 is 38.0. The zero-order valence-corrected chi connectivity index (χ0v) is 19.9. The molecule has 0 spiro atoms. The predicted molar refractivity (Wildman–Crippen MR) is 133 cm³/mol. The number of carbonyl (C=O) groups is 1. The van der Waals surface area contributed by atoms with E-state index in [1.165, 1.54) is 55.6 Å². The van der Waals surface area contributed by atoms with Gasteiger partial charge >= 0.3 is 0 Å². The van der Waals surface area contributed by atoms with E-state index in [0.717, 1.165) is 0 Å². The number of anilines is 2. The van der Waals surface area contributed by atoms with Crippen LogP contribution in [0.5, 0.6) is 11.5 Å². The molecule has 11 nitrogen and oxygen atoms in total. The lowest BCUT2D eigenvalue weighted by atomic mass is 10.3. The monoisotopic (exact) mass is 516 g/mol. The van der Waals surface area contributed by atoms with Crippen molar-refractivity contribution in [2.45, 2.75) is 4.90 Å². The maximum atomic E-state index is 12.6. The Balaban J connectivity index is 1.50. The van der Waals surface area contributed by atoms with Gasteiger partial charge in [0.25, 0.3) is 21.6 Å². The number of sulfonamides is 1. The van der Waals surface area contributed by atoms with Crippen LogP contribution in [0.15, 0.2) is 77.7 Å². The first kappa shape index (κ1) is 25.4. The van der Waals surface area contributed by atoms with Gasteiger partial charge in [0.2, 0.25) is 0 Å². The van der Waals surface area contributed by atoms with Crippen molar-refractivity contribution in [3.63, 3.8) is 0 Å². The highest BCUT2D eigenvalue weighted by Gasteiger charge is 2.15. The lowest BCUT2D eigenvalue weighted by Crippen LogP contribution is -2.37. The van der Waals surface area contributed by atoms with Gasteiger partial charge in [0.1, 0.15) is 11.5 Å². The van der Waals surface area contributed by atoms with Crippen molar-refractivity contribution in [1.29, 1.82) is 0 Å². The summed E-state index contributed by atoms with van der Waals surface area (Å²) in [5, 5.41) is 15.8. The van der Waals surface area contributed by atoms with E-state index >= 15 is 0 Å². The Labute approximate surface area is 206 Å². The summed E-state index contributed by atoms with van der Waals surface area (Å²) in [6.07, 6.45) is 0. The van der Waals surface area contributed by atoms with Crippen molar-refractivity contribution < 1.29 is 27.6 Å². The van der Waals surface area contributed by atoms with E-state index in [1.807, 2.05) is 0 Å². The molecule has 0 fully saturated rings. The maximum absolute atomic E-state index is 12.6. The Hall–Kier alpha value is -4.23. The van der Waals surface area contributed by atoms with Gasteiger partial charge in [-0.1, -0.05) is 0 Å². The summed E-state index contributed by atoms with van der Waals surface area (Å²) >= 11 is 5.09. The molecule has 0 aliphatic rings. The predicted octanol–water partition coefficient (Wildman–Crippen LogP) is 3.30. The molecule has 0 atom stereocenters. The van der Waals surface area contributed by atoms with Crippen LogP contribution in [0.1, 0.15) is 0 Å². The van der Waals surface area contributed by atoms with Crippen molar-refractivity contribution in [1.82, 2.24) is 5.32 Å². The third-order valence-electron chi connectivity index (χ3n) is 4.44. The zero-order chi connectivity index (χ0) is 25.4. The quantitative estimate of drug-likeness (QED) is 0.221. The molecular weight excluding hydrogens is 496 g/mol. The van der Waals surface area contributed by atoms with Crippen molar-refractivity contribution in [3.05, 3.63) is 82.9 Å². The van der Waals surface area contributed by atoms with Crippen molar-refractivity contribution in [3.8, 4) is 11.5 Å². The van der Waals surface area contributed by atoms with Crippen molar-refractivity contribution in [2.24, 2.45) is 0 Å². The number of ether oxygens (including phenoxy) is 2. The van der Waals surface area contributed by atoms with E-state index in [2.05, 4.69) is 15.4 Å². The molecule has 35 heavy (non-hydrogen) atoms. The van der Waals surface area contributed by atoms with E-state index < -0.39 is 20.9 Å². The molecule has 0 bridgehead atoms. The summed E-state index contributed by atoms with van der Waals surface area (Å²) in [4.78, 5) is 22.2. The molecule has 3 aromatic rings. The minimum absolute atomic E-state index is 0.0192. The minimum Gasteiger partial charge on any atom is -0.497 e. The Kier molecular flexibility index (Phi) is 8.17. The molecule has 0 aromatic heterocycles. The van der Waals surface area contributed by atoms with Crippen LogP contribution in [0.4, 0.5) is 17.1 Å².